The molecule has 0 atom stereocenters. The first-order valence-electron chi connectivity index (χ1n) is 8.19. The number of thiazole rings is 1. The summed E-state index contributed by atoms with van der Waals surface area (Å²) in [4.78, 5) is 17.3. The number of ether oxygens (including phenoxy) is 2. The molecule has 5 rings (SSSR count). The van der Waals surface area contributed by atoms with Crippen LogP contribution in [0.15, 0.2) is 58.0 Å². The predicted molar refractivity (Wildman–Crippen MR) is 98.8 cm³/mol. The van der Waals surface area contributed by atoms with Crippen LogP contribution in [0, 0.1) is 0 Å². The maximum atomic E-state index is 12.5. The summed E-state index contributed by atoms with van der Waals surface area (Å²) in [6.07, 6.45) is 0. The van der Waals surface area contributed by atoms with Crippen LogP contribution in [-0.4, -0.2) is 22.4 Å². The van der Waals surface area contributed by atoms with E-state index in [9.17, 15) is 4.79 Å². The molecule has 1 aliphatic heterocycles. The van der Waals surface area contributed by atoms with Gasteiger partial charge < -0.3 is 18.6 Å². The average molecular weight is 379 g/mol. The Balaban J connectivity index is 1.52. The van der Waals surface area contributed by atoms with Gasteiger partial charge >= 0.3 is 5.91 Å². The normalized spacial score (nSPS) is 13.4. The first-order chi connectivity index (χ1) is 13.2. The summed E-state index contributed by atoms with van der Waals surface area (Å²) < 4.78 is 18.9. The van der Waals surface area contributed by atoms with Gasteiger partial charge in [0, 0.05) is 30.8 Å². The zero-order chi connectivity index (χ0) is 18.4. The molecule has 7 nitrogen and oxygen atoms in total. The summed E-state index contributed by atoms with van der Waals surface area (Å²) in [7, 11) is 1.85. The second-order valence-electron chi connectivity index (χ2n) is 5.98. The van der Waals surface area contributed by atoms with Gasteiger partial charge in [-0.2, -0.15) is 4.99 Å². The first-order valence-corrected chi connectivity index (χ1v) is 9.01. The molecule has 0 spiro atoms. The zero-order valence-electron chi connectivity index (χ0n) is 14.2. The Kier molecular flexibility index (Phi) is 3.58. The van der Waals surface area contributed by atoms with Crippen molar-refractivity contribution < 1.29 is 18.8 Å². The zero-order valence-corrected chi connectivity index (χ0v) is 15.0. The van der Waals surface area contributed by atoms with Gasteiger partial charge in [0.2, 0.25) is 6.79 Å². The number of aryl methyl sites for hydroxylation is 1. The summed E-state index contributed by atoms with van der Waals surface area (Å²) in [5, 5.41) is 3.86. The van der Waals surface area contributed by atoms with Gasteiger partial charge in [-0.3, -0.25) is 4.79 Å². The second-order valence-corrected chi connectivity index (χ2v) is 6.99. The number of nitrogens with zero attached hydrogens (tertiary/aromatic N) is 3. The van der Waals surface area contributed by atoms with Crippen LogP contribution in [0.1, 0.15) is 10.5 Å². The highest BCUT2D eigenvalue weighted by Gasteiger charge is 2.18. The molecule has 1 amide bonds. The topological polar surface area (TPSA) is 78.9 Å². The number of benzene rings is 2. The fourth-order valence-electron chi connectivity index (χ4n) is 2.88. The second kappa shape index (κ2) is 6.10. The Morgan fingerprint density at radius 2 is 1.93 bits per heavy atom. The van der Waals surface area contributed by atoms with Gasteiger partial charge in [0.05, 0.1) is 10.2 Å². The third kappa shape index (κ3) is 2.70. The van der Waals surface area contributed by atoms with Crippen LogP contribution < -0.4 is 14.3 Å². The monoisotopic (exact) mass is 379 g/mol. The molecule has 0 saturated carbocycles. The van der Waals surface area contributed by atoms with Crippen LogP contribution in [0.2, 0.25) is 0 Å². The van der Waals surface area contributed by atoms with E-state index < -0.39 is 5.91 Å². The van der Waals surface area contributed by atoms with Crippen LogP contribution >= 0.6 is 11.3 Å². The molecule has 2 aromatic carbocycles. The Morgan fingerprint density at radius 1 is 1.15 bits per heavy atom. The lowest BCUT2D eigenvalue weighted by Crippen LogP contribution is -2.13. The molecule has 1 aliphatic rings. The molecule has 4 aromatic rings. The van der Waals surface area contributed by atoms with Crippen LogP contribution in [-0.2, 0) is 7.05 Å². The lowest BCUT2D eigenvalue weighted by Gasteiger charge is -1.97. The minimum absolute atomic E-state index is 0.167. The van der Waals surface area contributed by atoms with Crippen molar-refractivity contribution in [3.05, 3.63) is 59.0 Å². The molecule has 0 unspecified atom stereocenters. The molecule has 0 aliphatic carbocycles. The molecule has 0 N–H and O–H groups in total. The van der Waals surface area contributed by atoms with Crippen LogP contribution in [0.3, 0.4) is 0 Å². The van der Waals surface area contributed by atoms with Gasteiger partial charge in [-0.15, -0.1) is 0 Å². The van der Waals surface area contributed by atoms with Crippen LogP contribution in [0.25, 0.3) is 21.5 Å². The van der Waals surface area contributed by atoms with Crippen molar-refractivity contribution in [2.24, 2.45) is 12.0 Å². The van der Waals surface area contributed by atoms with Crippen molar-refractivity contribution >= 4 is 27.5 Å². The molecular formula is C19H13N3O4S. The lowest BCUT2D eigenvalue weighted by molar-refractivity contribution is 0.0989. The summed E-state index contributed by atoms with van der Waals surface area (Å²) in [5.74, 6) is 1.47. The fraction of sp³-hybridized carbons (Fsp3) is 0.105. The summed E-state index contributed by atoms with van der Waals surface area (Å²) in [6.45, 7) is 0.224. The number of aromatic nitrogens is 2. The van der Waals surface area contributed by atoms with Gasteiger partial charge in [0.25, 0.3) is 0 Å². The first kappa shape index (κ1) is 15.8. The fourth-order valence-corrected chi connectivity index (χ4v) is 3.91. The van der Waals surface area contributed by atoms with E-state index in [1.165, 1.54) is 11.3 Å². The van der Waals surface area contributed by atoms with Gasteiger partial charge in [-0.05, 0) is 0 Å². The Morgan fingerprint density at radius 3 is 2.74 bits per heavy atom. The average Bonchev–Trinajstić information content (AvgIpc) is 3.41. The van der Waals surface area contributed by atoms with Crippen LogP contribution in [0.4, 0.5) is 0 Å². The Hall–Kier alpha value is -3.39. The third-order valence-electron chi connectivity index (χ3n) is 4.29. The molecule has 8 heteroatoms. The van der Waals surface area contributed by atoms with Crippen molar-refractivity contribution in [2.45, 2.75) is 0 Å². The molecule has 0 saturated heterocycles. The molecule has 3 heterocycles. The highest BCUT2D eigenvalue weighted by atomic mass is 32.1. The number of fused-ring (bicyclic) bond motifs is 2. The van der Waals surface area contributed by atoms with Crippen molar-refractivity contribution in [1.82, 2.24) is 9.72 Å². The van der Waals surface area contributed by atoms with E-state index in [2.05, 4.69) is 10.1 Å². The summed E-state index contributed by atoms with van der Waals surface area (Å²) in [6, 6.07) is 14.9. The SMILES string of the molecule is Cn1c(=NC(=O)c2cc(-c3ccccc3)on2)sc2cc3c(cc21)OCO3. The van der Waals surface area contributed by atoms with E-state index in [0.717, 1.165) is 15.8 Å². The minimum Gasteiger partial charge on any atom is -0.454 e. The van der Waals surface area contributed by atoms with Crippen molar-refractivity contribution in [3.63, 3.8) is 0 Å². The Labute approximate surface area is 157 Å². The molecule has 0 radical (unpaired) electrons. The van der Waals surface area contributed by atoms with E-state index in [4.69, 9.17) is 14.0 Å². The molecule has 27 heavy (non-hydrogen) atoms. The number of carbonyl (C=O) groups excluding carboxylic acids is 1. The maximum absolute atomic E-state index is 12.5. The van der Waals surface area contributed by atoms with Crippen molar-refractivity contribution in [1.29, 1.82) is 0 Å². The van der Waals surface area contributed by atoms with Gasteiger partial charge in [-0.1, -0.05) is 46.8 Å². The van der Waals surface area contributed by atoms with E-state index in [1.54, 1.807) is 6.07 Å². The molecule has 2 aromatic heterocycles. The van der Waals surface area contributed by atoms with Gasteiger partial charge in [-0.25, -0.2) is 0 Å². The van der Waals surface area contributed by atoms with E-state index in [-0.39, 0.29) is 12.5 Å². The van der Waals surface area contributed by atoms with E-state index >= 15 is 0 Å². The number of carbonyl (C=O) groups is 1. The maximum Gasteiger partial charge on any atom is 0.301 e. The van der Waals surface area contributed by atoms with Crippen molar-refractivity contribution in [2.75, 3.05) is 6.79 Å². The lowest BCUT2D eigenvalue weighted by atomic mass is 10.1. The summed E-state index contributed by atoms with van der Waals surface area (Å²) in [5.41, 5.74) is 1.94. The third-order valence-corrected chi connectivity index (χ3v) is 5.38. The number of amides is 1. The number of hydrogen-bond acceptors (Lipinski definition) is 6. The smallest absolute Gasteiger partial charge is 0.301 e. The van der Waals surface area contributed by atoms with Crippen LogP contribution in [0.5, 0.6) is 11.5 Å². The van der Waals surface area contributed by atoms with E-state index in [1.807, 2.05) is 54.1 Å². The van der Waals surface area contributed by atoms with Crippen molar-refractivity contribution in [3.8, 4) is 22.8 Å². The highest BCUT2D eigenvalue weighted by molar-refractivity contribution is 7.16. The molecule has 0 fully saturated rings. The minimum atomic E-state index is -0.455. The predicted octanol–water partition coefficient (Wildman–Crippen LogP) is 3.36. The standard InChI is InChI=1S/C19H13N3O4S/c1-22-13-8-15-16(25-10-24-15)9-17(13)27-19(22)20-18(23)12-7-14(26-21-12)11-5-3-2-4-6-11/h2-9H,10H2,1H3. The number of hydrogen-bond donors (Lipinski definition) is 0. The van der Waals surface area contributed by atoms with Gasteiger partial charge in [0.15, 0.2) is 27.8 Å². The summed E-state index contributed by atoms with van der Waals surface area (Å²) >= 11 is 1.40. The highest BCUT2D eigenvalue weighted by Crippen LogP contribution is 2.36. The Bertz CT molecular complexity index is 1240. The quantitative estimate of drug-likeness (QED) is 0.534. The molecule has 134 valence electrons. The van der Waals surface area contributed by atoms with E-state index in [0.29, 0.717) is 22.1 Å². The molecule has 0 bridgehead atoms. The largest absolute Gasteiger partial charge is 0.454 e. The number of rotatable bonds is 2. The van der Waals surface area contributed by atoms with Gasteiger partial charge in [0.1, 0.15) is 0 Å². The molecular weight excluding hydrogens is 366 g/mol.